The number of aromatic nitrogens is 2. The first kappa shape index (κ1) is 9.54. The first-order valence-electron chi connectivity index (χ1n) is 5.52. The third-order valence-electron chi connectivity index (χ3n) is 3.15. The molecule has 82 valence electrons. The molecule has 1 unspecified atom stereocenters. The van der Waals surface area contributed by atoms with Crippen molar-refractivity contribution in [2.24, 2.45) is 0 Å². The third-order valence-corrected chi connectivity index (χ3v) is 3.15. The predicted octanol–water partition coefficient (Wildman–Crippen LogP) is 1.22. The van der Waals surface area contributed by atoms with Crippen LogP contribution in [0.4, 0.5) is 0 Å². The van der Waals surface area contributed by atoms with E-state index in [2.05, 4.69) is 10.3 Å². The van der Waals surface area contributed by atoms with Crippen LogP contribution in [0, 0.1) is 0 Å². The van der Waals surface area contributed by atoms with Crippen molar-refractivity contribution in [3.8, 4) is 0 Å². The second-order valence-electron chi connectivity index (χ2n) is 4.13. The number of carbonyl (C=O) groups excluding carboxylic acids is 1. The summed E-state index contributed by atoms with van der Waals surface area (Å²) in [6, 6.07) is 5.69. The molecule has 0 saturated carbocycles. The van der Waals surface area contributed by atoms with Crippen LogP contribution in [0.5, 0.6) is 0 Å². The van der Waals surface area contributed by atoms with E-state index in [4.69, 9.17) is 0 Å². The summed E-state index contributed by atoms with van der Waals surface area (Å²) in [5.74, 6) is 1.42. The topological polar surface area (TPSA) is 46.4 Å². The lowest BCUT2D eigenvalue weighted by Gasteiger charge is -2.08. The minimum atomic E-state index is 0.420. The van der Waals surface area contributed by atoms with Gasteiger partial charge in [0, 0.05) is 12.5 Å². The Labute approximate surface area is 93.3 Å². The molecule has 1 fully saturated rings. The van der Waals surface area contributed by atoms with E-state index in [9.17, 15) is 4.79 Å². The standard InChI is InChI=1S/C12H13N3O/c16-8-11-3-1-2-10-7-14-12(15(10)11)9-4-5-13-6-9/h1-3,7-9,13H,4-6H2. The van der Waals surface area contributed by atoms with E-state index in [0.717, 1.165) is 37.1 Å². The van der Waals surface area contributed by atoms with Gasteiger partial charge in [0.25, 0.3) is 0 Å². The number of hydrogen-bond acceptors (Lipinski definition) is 3. The van der Waals surface area contributed by atoms with Gasteiger partial charge in [-0.25, -0.2) is 4.98 Å². The molecule has 1 N–H and O–H groups in total. The summed E-state index contributed by atoms with van der Waals surface area (Å²) in [4.78, 5) is 15.5. The number of carbonyl (C=O) groups is 1. The smallest absolute Gasteiger partial charge is 0.166 e. The molecule has 4 nitrogen and oxygen atoms in total. The van der Waals surface area contributed by atoms with Crippen LogP contribution in [-0.4, -0.2) is 28.8 Å². The lowest BCUT2D eigenvalue weighted by molar-refractivity contribution is 0.111. The van der Waals surface area contributed by atoms with Crippen molar-refractivity contribution in [2.75, 3.05) is 13.1 Å². The molecule has 1 atom stereocenters. The molecule has 1 aliphatic rings. The molecule has 4 heteroatoms. The first-order valence-corrected chi connectivity index (χ1v) is 5.52. The lowest BCUT2D eigenvalue weighted by atomic mass is 10.1. The summed E-state index contributed by atoms with van der Waals surface area (Å²) in [7, 11) is 0. The number of fused-ring (bicyclic) bond motifs is 1. The van der Waals surface area contributed by atoms with Gasteiger partial charge in [0.05, 0.1) is 17.4 Å². The number of pyridine rings is 1. The van der Waals surface area contributed by atoms with Crippen molar-refractivity contribution in [2.45, 2.75) is 12.3 Å². The molecule has 0 radical (unpaired) electrons. The Balaban J connectivity index is 2.20. The highest BCUT2D eigenvalue weighted by atomic mass is 16.1. The van der Waals surface area contributed by atoms with Gasteiger partial charge in [-0.05, 0) is 25.1 Å². The van der Waals surface area contributed by atoms with E-state index >= 15 is 0 Å². The van der Waals surface area contributed by atoms with Gasteiger partial charge >= 0.3 is 0 Å². The minimum Gasteiger partial charge on any atom is -0.316 e. The van der Waals surface area contributed by atoms with Crippen LogP contribution in [0.15, 0.2) is 24.4 Å². The maximum Gasteiger partial charge on any atom is 0.166 e. The Bertz CT molecular complexity index is 526. The van der Waals surface area contributed by atoms with Crippen LogP contribution in [-0.2, 0) is 0 Å². The normalized spacial score (nSPS) is 20.4. The van der Waals surface area contributed by atoms with Crippen molar-refractivity contribution in [1.82, 2.24) is 14.7 Å². The van der Waals surface area contributed by atoms with Crippen LogP contribution < -0.4 is 5.32 Å². The number of nitrogens with one attached hydrogen (secondary N) is 1. The molecule has 0 aromatic carbocycles. The van der Waals surface area contributed by atoms with Crippen LogP contribution in [0.25, 0.3) is 5.52 Å². The minimum absolute atomic E-state index is 0.420. The van der Waals surface area contributed by atoms with Gasteiger partial charge < -0.3 is 5.32 Å². The number of rotatable bonds is 2. The van der Waals surface area contributed by atoms with E-state index in [1.54, 1.807) is 0 Å². The Morgan fingerprint density at radius 3 is 3.19 bits per heavy atom. The van der Waals surface area contributed by atoms with Crippen molar-refractivity contribution < 1.29 is 4.79 Å². The highest BCUT2D eigenvalue weighted by Crippen LogP contribution is 2.23. The molecule has 1 saturated heterocycles. The van der Waals surface area contributed by atoms with Crippen LogP contribution in [0.3, 0.4) is 0 Å². The third kappa shape index (κ3) is 1.34. The molecule has 1 aliphatic heterocycles. The summed E-state index contributed by atoms with van der Waals surface area (Å²) in [6.45, 7) is 1.98. The van der Waals surface area contributed by atoms with E-state index in [0.29, 0.717) is 11.6 Å². The summed E-state index contributed by atoms with van der Waals surface area (Å²) in [6.07, 6.45) is 3.81. The fourth-order valence-electron chi connectivity index (χ4n) is 2.35. The van der Waals surface area contributed by atoms with Crippen LogP contribution in [0.1, 0.15) is 28.7 Å². The first-order chi connectivity index (χ1) is 7.90. The van der Waals surface area contributed by atoms with E-state index in [-0.39, 0.29) is 0 Å². The number of imidazole rings is 1. The van der Waals surface area contributed by atoms with Crippen molar-refractivity contribution in [3.05, 3.63) is 35.9 Å². The van der Waals surface area contributed by atoms with Crippen LogP contribution in [0.2, 0.25) is 0 Å². The zero-order valence-corrected chi connectivity index (χ0v) is 8.89. The maximum absolute atomic E-state index is 11.0. The maximum atomic E-state index is 11.0. The van der Waals surface area contributed by atoms with E-state index in [1.807, 2.05) is 28.8 Å². The number of nitrogens with zero attached hydrogens (tertiary/aromatic N) is 2. The quantitative estimate of drug-likeness (QED) is 0.766. The molecule has 2 aromatic heterocycles. The van der Waals surface area contributed by atoms with E-state index < -0.39 is 0 Å². The molecule has 3 heterocycles. The van der Waals surface area contributed by atoms with Gasteiger partial charge in [-0.2, -0.15) is 0 Å². The Morgan fingerprint density at radius 1 is 1.50 bits per heavy atom. The summed E-state index contributed by atoms with van der Waals surface area (Å²) < 4.78 is 1.96. The lowest BCUT2D eigenvalue weighted by Crippen LogP contribution is -2.11. The molecule has 0 bridgehead atoms. The van der Waals surface area contributed by atoms with Crippen molar-refractivity contribution in [3.63, 3.8) is 0 Å². The molecule has 0 aliphatic carbocycles. The second-order valence-corrected chi connectivity index (χ2v) is 4.13. The molecular formula is C12H13N3O. The summed E-state index contributed by atoms with van der Waals surface area (Å²) in [5.41, 5.74) is 1.67. The van der Waals surface area contributed by atoms with Gasteiger partial charge in [0.1, 0.15) is 5.82 Å². The second kappa shape index (κ2) is 3.72. The van der Waals surface area contributed by atoms with Gasteiger partial charge in [0.2, 0.25) is 0 Å². The highest BCUT2D eigenvalue weighted by molar-refractivity contribution is 5.74. The zero-order valence-electron chi connectivity index (χ0n) is 8.89. The Morgan fingerprint density at radius 2 is 2.44 bits per heavy atom. The van der Waals surface area contributed by atoms with Gasteiger partial charge in [-0.3, -0.25) is 9.20 Å². The van der Waals surface area contributed by atoms with Gasteiger partial charge in [0.15, 0.2) is 6.29 Å². The monoisotopic (exact) mass is 215 g/mol. The SMILES string of the molecule is O=Cc1cccc2cnc(C3CCNC3)n12. The average molecular weight is 215 g/mol. The van der Waals surface area contributed by atoms with Crippen molar-refractivity contribution >= 4 is 11.8 Å². The van der Waals surface area contributed by atoms with E-state index in [1.165, 1.54) is 0 Å². The fraction of sp³-hybridized carbons (Fsp3) is 0.333. The zero-order chi connectivity index (χ0) is 11.0. The Kier molecular flexibility index (Phi) is 2.22. The Hall–Kier alpha value is -1.68. The largest absolute Gasteiger partial charge is 0.316 e. The fourth-order valence-corrected chi connectivity index (χ4v) is 2.35. The van der Waals surface area contributed by atoms with Crippen LogP contribution >= 0.6 is 0 Å². The predicted molar refractivity (Wildman–Crippen MR) is 60.8 cm³/mol. The molecule has 0 amide bonds. The molecule has 16 heavy (non-hydrogen) atoms. The molecule has 0 spiro atoms. The number of aldehydes is 1. The molecule has 2 aromatic rings. The highest BCUT2D eigenvalue weighted by Gasteiger charge is 2.21. The summed E-state index contributed by atoms with van der Waals surface area (Å²) in [5, 5.41) is 3.32. The summed E-state index contributed by atoms with van der Waals surface area (Å²) >= 11 is 0. The average Bonchev–Trinajstić information content (AvgIpc) is 2.96. The number of hydrogen-bond donors (Lipinski definition) is 1. The van der Waals surface area contributed by atoms with Gasteiger partial charge in [-0.15, -0.1) is 0 Å². The molecule has 3 rings (SSSR count). The van der Waals surface area contributed by atoms with Gasteiger partial charge in [-0.1, -0.05) is 6.07 Å². The van der Waals surface area contributed by atoms with Crippen molar-refractivity contribution in [1.29, 1.82) is 0 Å². The molecular weight excluding hydrogens is 202 g/mol.